The Morgan fingerprint density at radius 2 is 1.80 bits per heavy atom. The van der Waals surface area contributed by atoms with Crippen molar-refractivity contribution >= 4 is 34.2 Å². The van der Waals surface area contributed by atoms with Crippen molar-refractivity contribution in [3.63, 3.8) is 0 Å². The normalized spacial score (nSPS) is 16.3. The van der Waals surface area contributed by atoms with Gasteiger partial charge in [-0.3, -0.25) is 9.59 Å². The molecule has 1 aliphatic rings. The fraction of sp³-hybridized carbons (Fsp3) is 0. The van der Waals surface area contributed by atoms with Crippen molar-refractivity contribution in [2.24, 2.45) is 0 Å². The molecule has 0 unspecified atom stereocenters. The first-order valence-corrected chi connectivity index (χ1v) is 3.41. The van der Waals surface area contributed by atoms with Crippen LogP contribution in [0, 0.1) is 0 Å². The first-order valence-electron chi connectivity index (χ1n) is 2.34. The minimum absolute atomic E-state index is 0. The van der Waals surface area contributed by atoms with Gasteiger partial charge in [-0.25, -0.2) is 0 Å². The van der Waals surface area contributed by atoms with Gasteiger partial charge in [-0.05, 0) is 34.7 Å². The van der Waals surface area contributed by atoms with E-state index >= 15 is 0 Å². The third-order valence-corrected chi connectivity index (χ3v) is 1.58. The molecule has 0 amide bonds. The Hall–Kier alpha value is 0.550. The molecule has 0 aromatic rings. The summed E-state index contributed by atoms with van der Waals surface area (Å²) in [5, 5.41) is 0. The van der Waals surface area contributed by atoms with Gasteiger partial charge in [-0.2, -0.15) is 0 Å². The topological polar surface area (TPSA) is 34.1 Å². The molecule has 1 aliphatic carbocycles. The first kappa shape index (κ1) is 10.6. The number of hydrogen-bond donors (Lipinski definition) is 0. The van der Waals surface area contributed by atoms with Gasteiger partial charge in [0.2, 0.25) is 11.6 Å². The van der Waals surface area contributed by atoms with Crippen LogP contribution >= 0.6 is 22.6 Å². The number of allylic oxidation sites excluding steroid dienone is 4. The Balaban J connectivity index is 0. The van der Waals surface area contributed by atoms with E-state index in [-0.39, 0.29) is 31.0 Å². The average Bonchev–Trinajstić information content (AvgIpc) is 1.80. The van der Waals surface area contributed by atoms with E-state index in [0.717, 1.165) is 3.58 Å². The maximum Gasteiger partial charge on any atom is 1.00 e. The number of carbonyl (C=O) groups excluding carboxylic acids is 2. The van der Waals surface area contributed by atoms with E-state index in [0.29, 0.717) is 0 Å². The van der Waals surface area contributed by atoms with E-state index in [1.807, 2.05) is 22.6 Å². The summed E-state index contributed by atoms with van der Waals surface area (Å²) in [6.45, 7) is 0. The zero-order chi connectivity index (χ0) is 6.85. The average molecular weight is 258 g/mol. The van der Waals surface area contributed by atoms with Crippen molar-refractivity contribution in [2.75, 3.05) is 0 Å². The van der Waals surface area contributed by atoms with E-state index in [1.54, 1.807) is 6.08 Å². The summed E-state index contributed by atoms with van der Waals surface area (Å²) in [6.07, 6.45) is 4.22. The summed E-state index contributed by atoms with van der Waals surface area (Å²) in [5.74, 6) is -0.864. The summed E-state index contributed by atoms with van der Waals surface area (Å²) in [6, 6.07) is 0. The molecule has 10 heavy (non-hydrogen) atoms. The van der Waals surface area contributed by atoms with Crippen molar-refractivity contribution in [1.29, 1.82) is 0 Å². The molecular formula is C6H4INaO2. The molecule has 0 N–H and O–H groups in total. The van der Waals surface area contributed by atoms with Gasteiger partial charge in [0, 0.05) is 9.66 Å². The Bertz CT molecular complexity index is 235. The molecule has 0 fully saturated rings. The second-order valence-corrected chi connectivity index (χ2v) is 2.84. The molecule has 48 valence electrons. The Morgan fingerprint density at radius 3 is 2.20 bits per heavy atom. The minimum Gasteiger partial charge on any atom is -1.00 e. The van der Waals surface area contributed by atoms with Crippen LogP contribution in [0.1, 0.15) is 1.43 Å². The predicted octanol–water partition coefficient (Wildman–Crippen LogP) is -1.87. The molecule has 0 aromatic heterocycles. The molecule has 0 heterocycles. The van der Waals surface area contributed by atoms with Crippen LogP contribution in [0.4, 0.5) is 0 Å². The van der Waals surface area contributed by atoms with E-state index in [2.05, 4.69) is 0 Å². The van der Waals surface area contributed by atoms with Gasteiger partial charge in [0.05, 0.1) is 0 Å². The zero-order valence-corrected chi connectivity index (χ0v) is 9.58. The van der Waals surface area contributed by atoms with E-state index in [1.165, 1.54) is 12.2 Å². The molecule has 0 atom stereocenters. The van der Waals surface area contributed by atoms with Crippen LogP contribution < -0.4 is 29.6 Å². The minimum atomic E-state index is -0.435. The molecule has 0 aliphatic heterocycles. The largest absolute Gasteiger partial charge is 1.00 e. The van der Waals surface area contributed by atoms with Crippen LogP contribution in [0.25, 0.3) is 0 Å². The van der Waals surface area contributed by atoms with Crippen LogP contribution in [-0.4, -0.2) is 11.6 Å². The molecule has 0 saturated heterocycles. The van der Waals surface area contributed by atoms with Gasteiger partial charge in [0.15, 0.2) is 0 Å². The standard InChI is InChI=1S/C6H3IO2.Na.H/c7-4-1-2-5(8)6(9)3-4;;/h1-3H;;/q;+1;-1. The second-order valence-electron chi connectivity index (χ2n) is 1.59. The third-order valence-electron chi connectivity index (χ3n) is 0.906. The van der Waals surface area contributed by atoms with Crippen LogP contribution in [0.5, 0.6) is 0 Å². The second kappa shape index (κ2) is 4.43. The van der Waals surface area contributed by atoms with Crippen molar-refractivity contribution in [3.05, 3.63) is 21.8 Å². The number of hydrogen-bond acceptors (Lipinski definition) is 2. The van der Waals surface area contributed by atoms with Gasteiger partial charge >= 0.3 is 29.6 Å². The number of ketones is 2. The third kappa shape index (κ3) is 2.65. The molecule has 0 bridgehead atoms. The molecule has 0 spiro atoms. The summed E-state index contributed by atoms with van der Waals surface area (Å²) >= 11 is 1.98. The molecule has 0 aromatic carbocycles. The monoisotopic (exact) mass is 258 g/mol. The Labute approximate surface area is 95.7 Å². The van der Waals surface area contributed by atoms with Gasteiger partial charge < -0.3 is 1.43 Å². The van der Waals surface area contributed by atoms with Crippen molar-refractivity contribution in [3.8, 4) is 0 Å². The first-order chi connectivity index (χ1) is 4.20. The Morgan fingerprint density at radius 1 is 1.20 bits per heavy atom. The number of carbonyl (C=O) groups is 2. The van der Waals surface area contributed by atoms with E-state index in [9.17, 15) is 9.59 Å². The summed E-state index contributed by atoms with van der Waals surface area (Å²) in [4.78, 5) is 21.0. The molecular weight excluding hydrogens is 254 g/mol. The van der Waals surface area contributed by atoms with Gasteiger partial charge in [0.25, 0.3) is 0 Å². The van der Waals surface area contributed by atoms with E-state index < -0.39 is 11.6 Å². The molecule has 0 saturated carbocycles. The fourth-order valence-electron chi connectivity index (χ4n) is 0.482. The van der Waals surface area contributed by atoms with Crippen LogP contribution in [-0.2, 0) is 9.59 Å². The number of rotatable bonds is 0. The van der Waals surface area contributed by atoms with Crippen molar-refractivity contribution in [1.82, 2.24) is 0 Å². The van der Waals surface area contributed by atoms with Crippen LogP contribution in [0.3, 0.4) is 0 Å². The van der Waals surface area contributed by atoms with Crippen molar-refractivity contribution in [2.45, 2.75) is 0 Å². The zero-order valence-electron chi connectivity index (χ0n) is 6.43. The van der Waals surface area contributed by atoms with Gasteiger partial charge in [-0.15, -0.1) is 0 Å². The fourth-order valence-corrected chi connectivity index (χ4v) is 0.945. The maximum atomic E-state index is 10.5. The van der Waals surface area contributed by atoms with Crippen LogP contribution in [0.15, 0.2) is 21.8 Å². The van der Waals surface area contributed by atoms with E-state index in [4.69, 9.17) is 0 Å². The summed E-state index contributed by atoms with van der Waals surface area (Å²) < 4.78 is 0.803. The molecule has 2 nitrogen and oxygen atoms in total. The Kier molecular flexibility index (Phi) is 4.68. The quantitative estimate of drug-likeness (QED) is 0.221. The summed E-state index contributed by atoms with van der Waals surface area (Å²) in [5.41, 5.74) is 0. The van der Waals surface area contributed by atoms with Gasteiger partial charge in [-0.1, -0.05) is 0 Å². The SMILES string of the molecule is O=C1C=CC(I)=CC1=O.[H-].[Na+]. The predicted molar refractivity (Wildman–Crippen MR) is 42.4 cm³/mol. The molecule has 0 radical (unpaired) electrons. The smallest absolute Gasteiger partial charge is 1.00 e. The molecule has 1 rings (SSSR count). The van der Waals surface area contributed by atoms with Crippen LogP contribution in [0.2, 0.25) is 0 Å². The maximum absolute atomic E-state index is 10.5. The molecule has 4 heteroatoms. The van der Waals surface area contributed by atoms with Crippen molar-refractivity contribution < 1.29 is 40.6 Å². The van der Waals surface area contributed by atoms with Gasteiger partial charge in [0.1, 0.15) is 0 Å². The summed E-state index contributed by atoms with van der Waals surface area (Å²) in [7, 11) is 0. The number of halogens is 1.